The van der Waals surface area contributed by atoms with Crippen molar-refractivity contribution >= 4 is 11.6 Å². The summed E-state index contributed by atoms with van der Waals surface area (Å²) in [5.41, 5.74) is 7.44. The van der Waals surface area contributed by atoms with Crippen LogP contribution < -0.4 is 20.5 Å². The molecule has 1 aliphatic carbocycles. The molecule has 8 nitrogen and oxygen atoms in total. The van der Waals surface area contributed by atoms with Crippen LogP contribution in [0.3, 0.4) is 0 Å². The standard InChI is InChI=1S/C38H47F3N4O4/c1-5-45(29-9-16-49-17-10-29)33-21-28(20-30(25(33)3)35(46)42-22-31-34(48-4)18-24(2)43-36(31)47)26-6-7-32-27(19-26)8-11-37(32)12-14-44(15-13-37)23-38(39,40)41/h6-7,18-21,29H,5,8-17,22-23H2,1-4H3,(H,42,46)(H,43,47). The number of benzene rings is 2. The normalized spacial score (nSPS) is 18.0. The summed E-state index contributed by atoms with van der Waals surface area (Å²) in [4.78, 5) is 33.4. The van der Waals surface area contributed by atoms with Gasteiger partial charge in [0.25, 0.3) is 11.5 Å². The van der Waals surface area contributed by atoms with Gasteiger partial charge < -0.3 is 24.7 Å². The molecule has 1 spiro atoms. The SMILES string of the molecule is CCN(c1cc(-c2ccc3c(c2)CCC32CCN(CC(F)(F)F)CC2)cc(C(=O)NCc2c(OC)cc(C)[nH]c2=O)c1C)C1CCOCC1. The largest absolute Gasteiger partial charge is 0.496 e. The highest BCUT2D eigenvalue weighted by molar-refractivity contribution is 5.99. The molecule has 2 saturated heterocycles. The first-order valence-corrected chi connectivity index (χ1v) is 17.4. The molecule has 3 heterocycles. The summed E-state index contributed by atoms with van der Waals surface area (Å²) in [5.74, 6) is 0.141. The summed E-state index contributed by atoms with van der Waals surface area (Å²) in [5, 5.41) is 2.98. The van der Waals surface area contributed by atoms with Crippen LogP contribution in [-0.2, 0) is 23.1 Å². The van der Waals surface area contributed by atoms with Crippen molar-refractivity contribution in [1.29, 1.82) is 0 Å². The van der Waals surface area contributed by atoms with Crippen molar-refractivity contribution in [2.45, 2.75) is 83.5 Å². The Bertz CT molecular complexity index is 1740. The lowest BCUT2D eigenvalue weighted by Crippen LogP contribution is -2.45. The van der Waals surface area contributed by atoms with Crippen LogP contribution in [0.15, 0.2) is 41.2 Å². The number of likely N-dealkylation sites (tertiary alicyclic amines) is 1. The second-order valence-corrected chi connectivity index (χ2v) is 13.9. The molecule has 3 aromatic rings. The van der Waals surface area contributed by atoms with Crippen molar-refractivity contribution in [3.8, 4) is 16.9 Å². The molecule has 2 aromatic carbocycles. The number of fused-ring (bicyclic) bond motifs is 2. The first kappa shape index (κ1) is 35.0. The number of halogens is 3. The molecule has 49 heavy (non-hydrogen) atoms. The number of amides is 1. The molecule has 0 bridgehead atoms. The number of hydrogen-bond acceptors (Lipinski definition) is 6. The van der Waals surface area contributed by atoms with E-state index in [1.165, 1.54) is 23.1 Å². The molecule has 11 heteroatoms. The molecule has 3 aliphatic rings. The summed E-state index contributed by atoms with van der Waals surface area (Å²) in [6, 6.07) is 12.6. The number of pyridine rings is 1. The number of aryl methyl sites for hydroxylation is 2. The predicted octanol–water partition coefficient (Wildman–Crippen LogP) is 6.44. The number of aromatic nitrogens is 1. The van der Waals surface area contributed by atoms with Gasteiger partial charge in [0.1, 0.15) is 5.75 Å². The van der Waals surface area contributed by atoms with Gasteiger partial charge in [0, 0.05) is 42.7 Å². The van der Waals surface area contributed by atoms with Crippen LogP contribution in [0, 0.1) is 13.8 Å². The Morgan fingerprint density at radius 2 is 1.82 bits per heavy atom. The van der Waals surface area contributed by atoms with E-state index in [4.69, 9.17) is 9.47 Å². The fourth-order valence-corrected chi connectivity index (χ4v) is 8.24. The summed E-state index contributed by atoms with van der Waals surface area (Å²) >= 11 is 0. The van der Waals surface area contributed by atoms with Crippen LogP contribution in [0.2, 0.25) is 0 Å². The number of rotatable bonds is 9. The molecule has 0 radical (unpaired) electrons. The third-order valence-electron chi connectivity index (χ3n) is 10.9. The van der Waals surface area contributed by atoms with E-state index in [1.54, 1.807) is 13.0 Å². The second kappa shape index (κ2) is 14.2. The van der Waals surface area contributed by atoms with Crippen LogP contribution in [-0.4, -0.2) is 74.5 Å². The third kappa shape index (κ3) is 7.38. The molecule has 0 atom stereocenters. The van der Waals surface area contributed by atoms with E-state index >= 15 is 0 Å². The lowest BCUT2D eigenvalue weighted by Gasteiger charge is -2.40. The van der Waals surface area contributed by atoms with Gasteiger partial charge in [-0.1, -0.05) is 18.2 Å². The van der Waals surface area contributed by atoms with E-state index < -0.39 is 12.7 Å². The lowest BCUT2D eigenvalue weighted by molar-refractivity contribution is -0.149. The van der Waals surface area contributed by atoms with E-state index in [2.05, 4.69) is 46.4 Å². The van der Waals surface area contributed by atoms with Crippen molar-refractivity contribution in [2.75, 3.05) is 51.4 Å². The minimum atomic E-state index is -4.18. The van der Waals surface area contributed by atoms with Crippen molar-refractivity contribution < 1.29 is 27.4 Å². The number of H-pyrrole nitrogens is 1. The maximum Gasteiger partial charge on any atom is 0.401 e. The molecular formula is C38H47F3N4O4. The summed E-state index contributed by atoms with van der Waals surface area (Å²) in [6.07, 6.45) is 0.878. The number of hydrogen-bond donors (Lipinski definition) is 2. The van der Waals surface area contributed by atoms with Gasteiger partial charge in [0.2, 0.25) is 0 Å². The molecule has 2 N–H and O–H groups in total. The average molecular weight is 681 g/mol. The zero-order chi connectivity index (χ0) is 34.9. The third-order valence-corrected chi connectivity index (χ3v) is 10.9. The number of piperidine rings is 1. The van der Waals surface area contributed by atoms with Crippen LogP contribution in [0.4, 0.5) is 18.9 Å². The monoisotopic (exact) mass is 680 g/mol. The fourth-order valence-electron chi connectivity index (χ4n) is 8.24. The Morgan fingerprint density at radius 3 is 2.49 bits per heavy atom. The number of carbonyl (C=O) groups is 1. The summed E-state index contributed by atoms with van der Waals surface area (Å²) < 4.78 is 50.3. The number of aromatic amines is 1. The molecule has 2 aliphatic heterocycles. The van der Waals surface area contributed by atoms with Gasteiger partial charge in [-0.2, -0.15) is 13.2 Å². The highest BCUT2D eigenvalue weighted by Crippen LogP contribution is 2.47. The number of nitrogens with zero attached hydrogens (tertiary/aromatic N) is 2. The molecule has 0 unspecified atom stereocenters. The zero-order valence-corrected chi connectivity index (χ0v) is 28.9. The van der Waals surface area contributed by atoms with Gasteiger partial charge in [0.15, 0.2) is 0 Å². The molecule has 6 rings (SSSR count). The van der Waals surface area contributed by atoms with E-state index in [-0.39, 0.29) is 29.5 Å². The average Bonchev–Trinajstić information content (AvgIpc) is 3.42. The van der Waals surface area contributed by atoms with Crippen molar-refractivity contribution in [3.63, 3.8) is 0 Å². The first-order chi connectivity index (χ1) is 23.4. The highest BCUT2D eigenvalue weighted by atomic mass is 19.4. The lowest BCUT2D eigenvalue weighted by atomic mass is 9.73. The molecule has 2 fully saturated rings. The quantitative estimate of drug-likeness (QED) is 0.271. The Balaban J connectivity index is 1.33. The van der Waals surface area contributed by atoms with E-state index in [0.717, 1.165) is 67.4 Å². The van der Waals surface area contributed by atoms with E-state index in [9.17, 15) is 22.8 Å². The van der Waals surface area contributed by atoms with Crippen LogP contribution >= 0.6 is 0 Å². The van der Waals surface area contributed by atoms with Gasteiger partial charge in [-0.05, 0) is 124 Å². The number of carbonyl (C=O) groups excluding carboxylic acids is 1. The predicted molar refractivity (Wildman–Crippen MR) is 185 cm³/mol. The van der Waals surface area contributed by atoms with Crippen molar-refractivity contribution in [1.82, 2.24) is 15.2 Å². The summed E-state index contributed by atoms with van der Waals surface area (Å²) in [7, 11) is 1.50. The molecule has 264 valence electrons. The Kier molecular flexibility index (Phi) is 10.1. The van der Waals surface area contributed by atoms with Crippen LogP contribution in [0.1, 0.15) is 77.3 Å². The van der Waals surface area contributed by atoms with Gasteiger partial charge in [-0.3, -0.25) is 14.5 Å². The number of methoxy groups -OCH3 is 1. The smallest absolute Gasteiger partial charge is 0.401 e. The Morgan fingerprint density at radius 1 is 1.08 bits per heavy atom. The molecular weight excluding hydrogens is 633 g/mol. The maximum atomic E-state index is 14.0. The van der Waals surface area contributed by atoms with Gasteiger partial charge in [-0.15, -0.1) is 0 Å². The number of ether oxygens (including phenoxy) is 2. The Labute approximate surface area is 286 Å². The minimum absolute atomic E-state index is 0.00933. The van der Waals surface area contributed by atoms with Gasteiger partial charge in [-0.25, -0.2) is 0 Å². The first-order valence-electron chi connectivity index (χ1n) is 17.4. The Hall–Kier alpha value is -3.83. The number of anilines is 1. The van der Waals surface area contributed by atoms with Crippen LogP contribution in [0.25, 0.3) is 11.1 Å². The molecule has 0 saturated carbocycles. The number of nitrogens with one attached hydrogen (secondary N) is 2. The number of alkyl halides is 3. The summed E-state index contributed by atoms with van der Waals surface area (Å²) in [6.45, 7) is 8.10. The maximum absolute atomic E-state index is 14.0. The fraction of sp³-hybridized carbons (Fsp3) is 0.526. The highest BCUT2D eigenvalue weighted by Gasteiger charge is 2.43. The minimum Gasteiger partial charge on any atom is -0.496 e. The van der Waals surface area contributed by atoms with Gasteiger partial charge in [0.05, 0.1) is 25.8 Å². The second-order valence-electron chi connectivity index (χ2n) is 13.9. The zero-order valence-electron chi connectivity index (χ0n) is 28.9. The van der Waals surface area contributed by atoms with Crippen molar-refractivity contribution in [2.24, 2.45) is 0 Å². The molecule has 1 aromatic heterocycles. The molecule has 1 amide bonds. The van der Waals surface area contributed by atoms with Crippen LogP contribution in [0.5, 0.6) is 5.75 Å². The van der Waals surface area contributed by atoms with E-state index in [1.807, 2.05) is 13.0 Å². The topological polar surface area (TPSA) is 86.9 Å². The van der Waals surface area contributed by atoms with Crippen molar-refractivity contribution in [3.05, 3.63) is 80.3 Å². The van der Waals surface area contributed by atoms with Gasteiger partial charge >= 0.3 is 6.18 Å². The van der Waals surface area contributed by atoms with E-state index in [0.29, 0.717) is 48.9 Å².